The number of pyridine rings is 1. The lowest BCUT2D eigenvalue weighted by Crippen LogP contribution is -2.07. The summed E-state index contributed by atoms with van der Waals surface area (Å²) in [6, 6.07) is 10.2. The number of nitrogens with two attached hydrogens (primary N) is 1. The molecule has 3 heteroatoms. The molecule has 88 valence electrons. The van der Waals surface area contributed by atoms with Gasteiger partial charge in [0, 0.05) is 23.8 Å². The van der Waals surface area contributed by atoms with E-state index in [1.165, 1.54) is 0 Å². The van der Waals surface area contributed by atoms with Crippen LogP contribution < -0.4 is 11.1 Å². The second kappa shape index (κ2) is 4.87. The maximum Gasteiger partial charge on any atom is 0.0500 e. The zero-order valence-corrected chi connectivity index (χ0v) is 10.1. The smallest absolute Gasteiger partial charge is 0.0500 e. The van der Waals surface area contributed by atoms with Crippen LogP contribution in [0.25, 0.3) is 0 Å². The topological polar surface area (TPSA) is 50.9 Å². The van der Waals surface area contributed by atoms with E-state index in [4.69, 9.17) is 5.73 Å². The Labute approximate surface area is 102 Å². The van der Waals surface area contributed by atoms with E-state index in [1.54, 1.807) is 6.20 Å². The van der Waals surface area contributed by atoms with Crippen molar-refractivity contribution in [3.63, 3.8) is 0 Å². The number of anilines is 2. The van der Waals surface area contributed by atoms with Crippen LogP contribution in [0.3, 0.4) is 0 Å². The van der Waals surface area contributed by atoms with Gasteiger partial charge in [0.15, 0.2) is 0 Å². The molecule has 2 aromatic rings. The van der Waals surface area contributed by atoms with Crippen molar-refractivity contribution in [3.8, 4) is 0 Å². The lowest BCUT2D eigenvalue weighted by Gasteiger charge is -2.16. The van der Waals surface area contributed by atoms with Crippen LogP contribution in [-0.2, 0) is 0 Å². The molecule has 3 N–H and O–H groups in total. The number of nitrogen functional groups attached to an aromatic ring is 1. The van der Waals surface area contributed by atoms with Crippen LogP contribution in [0, 0.1) is 6.92 Å². The number of hydrogen-bond acceptors (Lipinski definition) is 3. The molecule has 3 nitrogen and oxygen atoms in total. The average molecular weight is 227 g/mol. The maximum atomic E-state index is 5.82. The first kappa shape index (κ1) is 11.5. The Morgan fingerprint density at radius 3 is 2.76 bits per heavy atom. The third-order valence-electron chi connectivity index (χ3n) is 2.67. The number of hydrogen-bond donors (Lipinski definition) is 2. The number of aryl methyl sites for hydroxylation is 1. The first-order chi connectivity index (χ1) is 8.15. The molecule has 17 heavy (non-hydrogen) atoms. The van der Waals surface area contributed by atoms with Crippen molar-refractivity contribution in [1.82, 2.24) is 4.98 Å². The average Bonchev–Trinajstić information content (AvgIpc) is 2.28. The van der Waals surface area contributed by atoms with Crippen LogP contribution >= 0.6 is 0 Å². The molecule has 0 radical (unpaired) electrons. The molecule has 0 saturated heterocycles. The number of nitrogens with zero attached hydrogens (tertiary/aromatic N) is 1. The van der Waals surface area contributed by atoms with Gasteiger partial charge >= 0.3 is 0 Å². The van der Waals surface area contributed by atoms with Crippen molar-refractivity contribution in [2.75, 3.05) is 11.1 Å². The van der Waals surface area contributed by atoms with E-state index in [0.717, 1.165) is 22.5 Å². The van der Waals surface area contributed by atoms with Gasteiger partial charge in [0.1, 0.15) is 0 Å². The molecule has 1 heterocycles. The molecular formula is C14H17N3. The van der Waals surface area contributed by atoms with E-state index in [0.29, 0.717) is 0 Å². The highest BCUT2D eigenvalue weighted by Crippen LogP contribution is 2.21. The van der Waals surface area contributed by atoms with Crippen LogP contribution in [-0.4, -0.2) is 4.98 Å². The van der Waals surface area contributed by atoms with Crippen molar-refractivity contribution < 1.29 is 0 Å². The molecule has 1 aromatic heterocycles. The minimum atomic E-state index is 0.213. The Morgan fingerprint density at radius 1 is 1.29 bits per heavy atom. The molecule has 0 aliphatic heterocycles. The SMILES string of the molecule is Cc1cc(N)cc(NC(C)c2cccnc2)c1. The van der Waals surface area contributed by atoms with Gasteiger partial charge in [-0.15, -0.1) is 0 Å². The summed E-state index contributed by atoms with van der Waals surface area (Å²) in [5, 5.41) is 3.42. The zero-order valence-electron chi connectivity index (χ0n) is 10.1. The molecule has 1 atom stereocenters. The molecule has 0 aliphatic rings. The maximum absolute atomic E-state index is 5.82. The Morgan fingerprint density at radius 2 is 2.12 bits per heavy atom. The number of aromatic nitrogens is 1. The van der Waals surface area contributed by atoms with Crippen LogP contribution in [0.5, 0.6) is 0 Å². The molecule has 2 rings (SSSR count). The number of benzene rings is 1. The highest BCUT2D eigenvalue weighted by Gasteiger charge is 2.05. The summed E-state index contributed by atoms with van der Waals surface area (Å²) in [5.41, 5.74) is 9.96. The van der Waals surface area contributed by atoms with Gasteiger partial charge in [-0.2, -0.15) is 0 Å². The van der Waals surface area contributed by atoms with Gasteiger partial charge in [0.05, 0.1) is 6.04 Å². The number of rotatable bonds is 3. The fourth-order valence-electron chi connectivity index (χ4n) is 1.86. The monoisotopic (exact) mass is 227 g/mol. The van der Waals surface area contributed by atoms with E-state index in [9.17, 15) is 0 Å². The van der Waals surface area contributed by atoms with E-state index in [1.807, 2.05) is 31.3 Å². The summed E-state index contributed by atoms with van der Waals surface area (Å²) < 4.78 is 0. The third-order valence-corrected chi connectivity index (χ3v) is 2.67. The highest BCUT2D eigenvalue weighted by atomic mass is 14.9. The summed E-state index contributed by atoms with van der Waals surface area (Å²) in [5.74, 6) is 0. The van der Waals surface area contributed by atoms with Gasteiger partial charge < -0.3 is 11.1 Å². The summed E-state index contributed by atoms with van der Waals surface area (Å²) in [7, 11) is 0. The van der Waals surface area contributed by atoms with Gasteiger partial charge in [-0.05, 0) is 49.2 Å². The summed E-state index contributed by atoms with van der Waals surface area (Å²) in [6.45, 7) is 4.14. The van der Waals surface area contributed by atoms with Gasteiger partial charge in [-0.3, -0.25) is 4.98 Å². The minimum absolute atomic E-state index is 0.213. The number of nitrogens with one attached hydrogen (secondary N) is 1. The fourth-order valence-corrected chi connectivity index (χ4v) is 1.86. The molecule has 1 aromatic carbocycles. The second-order valence-electron chi connectivity index (χ2n) is 4.28. The molecule has 0 bridgehead atoms. The molecule has 0 spiro atoms. The minimum Gasteiger partial charge on any atom is -0.399 e. The quantitative estimate of drug-likeness (QED) is 0.792. The molecular weight excluding hydrogens is 210 g/mol. The predicted octanol–water partition coefficient (Wildman–Crippen LogP) is 3.15. The zero-order chi connectivity index (χ0) is 12.3. The highest BCUT2D eigenvalue weighted by molar-refractivity contribution is 5.57. The molecule has 0 saturated carbocycles. The van der Waals surface area contributed by atoms with Gasteiger partial charge in [0.25, 0.3) is 0 Å². The Hall–Kier alpha value is -2.03. The van der Waals surface area contributed by atoms with Crippen molar-refractivity contribution in [2.45, 2.75) is 19.9 Å². The van der Waals surface area contributed by atoms with Crippen molar-refractivity contribution in [2.24, 2.45) is 0 Å². The first-order valence-electron chi connectivity index (χ1n) is 5.69. The Balaban J connectivity index is 2.16. The third kappa shape index (κ3) is 2.97. The van der Waals surface area contributed by atoms with Crippen LogP contribution in [0.1, 0.15) is 24.1 Å². The van der Waals surface area contributed by atoms with Crippen LogP contribution in [0.15, 0.2) is 42.7 Å². The van der Waals surface area contributed by atoms with Crippen LogP contribution in [0.4, 0.5) is 11.4 Å². The van der Waals surface area contributed by atoms with E-state index < -0.39 is 0 Å². The lowest BCUT2D eigenvalue weighted by atomic mass is 10.1. The fraction of sp³-hybridized carbons (Fsp3) is 0.214. The van der Waals surface area contributed by atoms with Gasteiger partial charge in [-0.25, -0.2) is 0 Å². The van der Waals surface area contributed by atoms with Crippen molar-refractivity contribution in [1.29, 1.82) is 0 Å². The predicted molar refractivity (Wildman–Crippen MR) is 71.9 cm³/mol. The van der Waals surface area contributed by atoms with E-state index in [-0.39, 0.29) is 6.04 Å². The normalized spacial score (nSPS) is 12.1. The van der Waals surface area contributed by atoms with Gasteiger partial charge in [-0.1, -0.05) is 6.07 Å². The molecule has 0 aliphatic carbocycles. The van der Waals surface area contributed by atoms with E-state index >= 15 is 0 Å². The molecule has 0 amide bonds. The lowest BCUT2D eigenvalue weighted by molar-refractivity contribution is 0.875. The standard InChI is InChI=1S/C14H17N3/c1-10-6-13(15)8-14(7-10)17-11(2)12-4-3-5-16-9-12/h3-9,11,17H,15H2,1-2H3. The molecule has 1 unspecified atom stereocenters. The largest absolute Gasteiger partial charge is 0.399 e. The Kier molecular flexibility index (Phi) is 3.28. The summed E-state index contributed by atoms with van der Waals surface area (Å²) >= 11 is 0. The van der Waals surface area contributed by atoms with Crippen LogP contribution in [0.2, 0.25) is 0 Å². The van der Waals surface area contributed by atoms with Crippen molar-refractivity contribution in [3.05, 3.63) is 53.9 Å². The van der Waals surface area contributed by atoms with E-state index in [2.05, 4.69) is 29.4 Å². The summed E-state index contributed by atoms with van der Waals surface area (Å²) in [6.07, 6.45) is 3.65. The summed E-state index contributed by atoms with van der Waals surface area (Å²) in [4.78, 5) is 4.12. The Bertz CT molecular complexity index is 474. The molecule has 0 fully saturated rings. The first-order valence-corrected chi connectivity index (χ1v) is 5.69. The van der Waals surface area contributed by atoms with Gasteiger partial charge in [0.2, 0.25) is 0 Å². The van der Waals surface area contributed by atoms with Crippen molar-refractivity contribution >= 4 is 11.4 Å². The second-order valence-corrected chi connectivity index (χ2v) is 4.28.